The minimum atomic E-state index is 0.395. The Hall–Kier alpha value is -0.640. The fourth-order valence-electron chi connectivity index (χ4n) is 1.75. The lowest BCUT2D eigenvalue weighted by molar-refractivity contribution is 0.582. The first-order valence-corrected chi connectivity index (χ1v) is 7.35. The number of rotatable bonds is 4. The molecule has 0 radical (unpaired) electrons. The molecular formula is C14H16BrNS. The minimum Gasteiger partial charge on any atom is -0.305 e. The zero-order valence-corrected chi connectivity index (χ0v) is 12.4. The SMILES string of the molecule is Cc1cccc(CNC(C)c2cc(Br)cs2)c1. The van der Waals surface area contributed by atoms with Crippen LogP contribution in [0.5, 0.6) is 0 Å². The highest BCUT2D eigenvalue weighted by molar-refractivity contribution is 9.10. The van der Waals surface area contributed by atoms with Gasteiger partial charge in [0.25, 0.3) is 0 Å². The van der Waals surface area contributed by atoms with Crippen LogP contribution in [0.25, 0.3) is 0 Å². The Labute approximate surface area is 115 Å². The molecule has 0 bridgehead atoms. The lowest BCUT2D eigenvalue weighted by Gasteiger charge is -2.12. The van der Waals surface area contributed by atoms with E-state index in [4.69, 9.17) is 0 Å². The monoisotopic (exact) mass is 309 g/mol. The molecule has 1 unspecified atom stereocenters. The molecule has 1 atom stereocenters. The Morgan fingerprint density at radius 2 is 2.18 bits per heavy atom. The van der Waals surface area contributed by atoms with Gasteiger partial charge >= 0.3 is 0 Å². The van der Waals surface area contributed by atoms with Crippen molar-refractivity contribution in [2.75, 3.05) is 0 Å². The molecule has 0 aliphatic carbocycles. The normalized spacial score (nSPS) is 12.6. The fourth-order valence-corrected chi connectivity index (χ4v) is 3.23. The van der Waals surface area contributed by atoms with E-state index in [9.17, 15) is 0 Å². The molecule has 1 aromatic carbocycles. The van der Waals surface area contributed by atoms with Crippen molar-refractivity contribution in [1.29, 1.82) is 0 Å². The highest BCUT2D eigenvalue weighted by Gasteiger charge is 2.07. The van der Waals surface area contributed by atoms with Crippen LogP contribution in [0, 0.1) is 6.92 Å². The predicted molar refractivity (Wildman–Crippen MR) is 78.5 cm³/mol. The molecule has 0 spiro atoms. The fraction of sp³-hybridized carbons (Fsp3) is 0.286. The molecule has 1 N–H and O–H groups in total. The molecule has 0 aliphatic heterocycles. The van der Waals surface area contributed by atoms with Crippen molar-refractivity contribution in [3.8, 4) is 0 Å². The van der Waals surface area contributed by atoms with Crippen molar-refractivity contribution >= 4 is 27.3 Å². The summed E-state index contributed by atoms with van der Waals surface area (Å²) < 4.78 is 1.17. The van der Waals surface area contributed by atoms with E-state index >= 15 is 0 Å². The first-order chi connectivity index (χ1) is 8.15. The summed E-state index contributed by atoms with van der Waals surface area (Å²) in [6.45, 7) is 5.25. The summed E-state index contributed by atoms with van der Waals surface area (Å²) >= 11 is 5.28. The second-order valence-electron chi connectivity index (χ2n) is 4.26. The predicted octanol–water partition coefficient (Wildman–Crippen LogP) is 4.67. The van der Waals surface area contributed by atoms with Gasteiger partial charge in [-0.2, -0.15) is 0 Å². The van der Waals surface area contributed by atoms with Crippen LogP contribution in [0.4, 0.5) is 0 Å². The molecular weight excluding hydrogens is 294 g/mol. The van der Waals surface area contributed by atoms with E-state index in [1.54, 1.807) is 11.3 Å². The van der Waals surface area contributed by atoms with Crippen LogP contribution in [-0.2, 0) is 6.54 Å². The van der Waals surface area contributed by atoms with Crippen LogP contribution in [0.3, 0.4) is 0 Å². The highest BCUT2D eigenvalue weighted by atomic mass is 79.9. The zero-order chi connectivity index (χ0) is 12.3. The molecule has 0 saturated carbocycles. The number of nitrogens with one attached hydrogen (secondary N) is 1. The molecule has 3 heteroatoms. The number of hydrogen-bond donors (Lipinski definition) is 1. The molecule has 0 amide bonds. The Morgan fingerprint density at radius 1 is 1.35 bits per heavy atom. The second kappa shape index (κ2) is 5.80. The van der Waals surface area contributed by atoms with E-state index in [0.717, 1.165) is 6.54 Å². The van der Waals surface area contributed by atoms with Gasteiger partial charge in [0, 0.05) is 27.3 Å². The standard InChI is InChI=1S/C14H16BrNS/c1-10-4-3-5-12(6-10)8-16-11(2)14-7-13(15)9-17-14/h3-7,9,11,16H,8H2,1-2H3. The molecule has 1 nitrogen and oxygen atoms in total. The maximum Gasteiger partial charge on any atom is 0.0389 e. The number of hydrogen-bond acceptors (Lipinski definition) is 2. The zero-order valence-electron chi connectivity index (χ0n) is 10.0. The third kappa shape index (κ3) is 3.66. The quantitative estimate of drug-likeness (QED) is 0.865. The van der Waals surface area contributed by atoms with Crippen molar-refractivity contribution in [3.63, 3.8) is 0 Å². The highest BCUT2D eigenvalue weighted by Crippen LogP contribution is 2.25. The van der Waals surface area contributed by atoms with Crippen LogP contribution in [0.1, 0.15) is 29.0 Å². The van der Waals surface area contributed by atoms with E-state index in [1.807, 2.05) is 0 Å². The van der Waals surface area contributed by atoms with Gasteiger partial charge < -0.3 is 5.32 Å². The van der Waals surface area contributed by atoms with Crippen LogP contribution in [0.2, 0.25) is 0 Å². The molecule has 2 aromatic rings. The summed E-state index contributed by atoms with van der Waals surface area (Å²) in [4.78, 5) is 1.37. The summed E-state index contributed by atoms with van der Waals surface area (Å²) in [6.07, 6.45) is 0. The number of aryl methyl sites for hydroxylation is 1. The van der Waals surface area contributed by atoms with E-state index < -0.39 is 0 Å². The average Bonchev–Trinajstić information content (AvgIpc) is 2.73. The van der Waals surface area contributed by atoms with Gasteiger partial charge in [-0.25, -0.2) is 0 Å². The van der Waals surface area contributed by atoms with Crippen molar-refractivity contribution in [3.05, 3.63) is 56.2 Å². The van der Waals surface area contributed by atoms with Gasteiger partial charge in [-0.1, -0.05) is 29.8 Å². The Kier molecular flexibility index (Phi) is 4.37. The third-order valence-electron chi connectivity index (χ3n) is 2.71. The second-order valence-corrected chi connectivity index (χ2v) is 6.12. The lowest BCUT2D eigenvalue weighted by Crippen LogP contribution is -2.17. The molecule has 2 rings (SSSR count). The summed E-state index contributed by atoms with van der Waals surface area (Å²) in [7, 11) is 0. The van der Waals surface area contributed by atoms with Gasteiger partial charge in [-0.05, 0) is 41.4 Å². The van der Waals surface area contributed by atoms with E-state index in [0.29, 0.717) is 6.04 Å². The molecule has 17 heavy (non-hydrogen) atoms. The maximum atomic E-state index is 3.55. The van der Waals surface area contributed by atoms with Crippen LogP contribution in [0.15, 0.2) is 40.2 Å². The number of halogens is 1. The van der Waals surface area contributed by atoms with Gasteiger partial charge in [0.15, 0.2) is 0 Å². The van der Waals surface area contributed by atoms with Gasteiger partial charge in [-0.15, -0.1) is 11.3 Å². The number of benzene rings is 1. The van der Waals surface area contributed by atoms with Gasteiger partial charge in [0.2, 0.25) is 0 Å². The van der Waals surface area contributed by atoms with Gasteiger partial charge in [0.1, 0.15) is 0 Å². The molecule has 0 fully saturated rings. The minimum absolute atomic E-state index is 0.395. The third-order valence-corrected chi connectivity index (χ3v) is 4.59. The summed E-state index contributed by atoms with van der Waals surface area (Å²) in [5.41, 5.74) is 2.66. The smallest absolute Gasteiger partial charge is 0.0389 e. The molecule has 1 heterocycles. The van der Waals surface area contributed by atoms with Crippen LogP contribution in [-0.4, -0.2) is 0 Å². The molecule has 0 saturated heterocycles. The summed E-state index contributed by atoms with van der Waals surface area (Å²) in [5.74, 6) is 0. The van der Waals surface area contributed by atoms with Gasteiger partial charge in [0.05, 0.1) is 0 Å². The van der Waals surface area contributed by atoms with E-state index in [1.165, 1.54) is 20.5 Å². The first kappa shape index (κ1) is 12.8. The molecule has 0 aliphatic rings. The first-order valence-electron chi connectivity index (χ1n) is 5.68. The van der Waals surface area contributed by atoms with Crippen molar-refractivity contribution in [2.24, 2.45) is 0 Å². The largest absolute Gasteiger partial charge is 0.305 e. The van der Waals surface area contributed by atoms with Gasteiger partial charge in [-0.3, -0.25) is 0 Å². The summed E-state index contributed by atoms with van der Waals surface area (Å²) in [6, 6.07) is 11.2. The van der Waals surface area contributed by atoms with Crippen molar-refractivity contribution < 1.29 is 0 Å². The average molecular weight is 310 g/mol. The topological polar surface area (TPSA) is 12.0 Å². The van der Waals surface area contributed by atoms with E-state index in [2.05, 4.69) is 70.8 Å². The van der Waals surface area contributed by atoms with Crippen LogP contribution < -0.4 is 5.32 Å². The molecule has 1 aromatic heterocycles. The molecule has 90 valence electrons. The maximum absolute atomic E-state index is 3.55. The van der Waals surface area contributed by atoms with E-state index in [-0.39, 0.29) is 0 Å². The Bertz CT molecular complexity index is 492. The Balaban J connectivity index is 1.94. The number of thiophene rings is 1. The van der Waals surface area contributed by atoms with Crippen molar-refractivity contribution in [1.82, 2.24) is 5.32 Å². The van der Waals surface area contributed by atoms with Crippen LogP contribution >= 0.6 is 27.3 Å². The van der Waals surface area contributed by atoms with Crippen molar-refractivity contribution in [2.45, 2.75) is 26.4 Å². The Morgan fingerprint density at radius 3 is 2.82 bits per heavy atom. The lowest BCUT2D eigenvalue weighted by atomic mass is 10.1. The summed E-state index contributed by atoms with van der Waals surface area (Å²) in [5, 5.41) is 5.67.